The fourth-order valence-electron chi connectivity index (χ4n) is 1.87. The zero-order valence-corrected chi connectivity index (χ0v) is 8.97. The first-order valence-corrected chi connectivity index (χ1v) is 5.20. The fourth-order valence-corrected chi connectivity index (χ4v) is 1.87. The predicted octanol–water partition coefficient (Wildman–Crippen LogP) is 1.29. The number of hydrogen-bond acceptors (Lipinski definition) is 4. The van der Waals surface area contributed by atoms with Crippen molar-refractivity contribution >= 4 is 5.69 Å². The van der Waals surface area contributed by atoms with Crippen LogP contribution in [-0.2, 0) is 7.05 Å². The summed E-state index contributed by atoms with van der Waals surface area (Å²) in [6.07, 6.45) is 1.69. The molecule has 1 N–H and O–H groups in total. The largest absolute Gasteiger partial charge is 0.489 e. The average Bonchev–Trinajstić information content (AvgIpc) is 2.75. The Kier molecular flexibility index (Phi) is 2.02. The highest BCUT2D eigenvalue weighted by atomic mass is 16.5. The number of para-hydroxylation sites is 1. The van der Waals surface area contributed by atoms with Crippen molar-refractivity contribution in [3.8, 4) is 17.1 Å². The number of aryl methyl sites for hydroxylation is 1. The van der Waals surface area contributed by atoms with Crippen molar-refractivity contribution in [1.29, 1.82) is 0 Å². The third-order valence-corrected chi connectivity index (χ3v) is 2.63. The summed E-state index contributed by atoms with van der Waals surface area (Å²) >= 11 is 0. The Balaban J connectivity index is 2.18. The van der Waals surface area contributed by atoms with Crippen LogP contribution >= 0.6 is 0 Å². The highest BCUT2D eigenvalue weighted by Crippen LogP contribution is 2.36. The molecule has 0 bridgehead atoms. The molecule has 1 aromatic heterocycles. The lowest BCUT2D eigenvalue weighted by atomic mass is 10.1. The second kappa shape index (κ2) is 3.52. The lowest BCUT2D eigenvalue weighted by molar-refractivity contribution is 0.324. The maximum atomic E-state index is 5.69. The first-order valence-electron chi connectivity index (χ1n) is 5.20. The van der Waals surface area contributed by atoms with E-state index in [0.29, 0.717) is 6.61 Å². The van der Waals surface area contributed by atoms with E-state index in [2.05, 4.69) is 15.5 Å². The zero-order chi connectivity index (χ0) is 11.0. The van der Waals surface area contributed by atoms with Crippen molar-refractivity contribution < 1.29 is 4.74 Å². The second-order valence-corrected chi connectivity index (χ2v) is 3.72. The van der Waals surface area contributed by atoms with Crippen LogP contribution in [0.25, 0.3) is 11.4 Å². The van der Waals surface area contributed by atoms with E-state index in [1.54, 1.807) is 6.33 Å². The number of aromatic nitrogens is 3. The number of ether oxygens (including phenoxy) is 1. The van der Waals surface area contributed by atoms with Gasteiger partial charge in [0, 0.05) is 13.6 Å². The molecule has 5 nitrogen and oxygen atoms in total. The van der Waals surface area contributed by atoms with Crippen LogP contribution in [-0.4, -0.2) is 27.9 Å². The summed E-state index contributed by atoms with van der Waals surface area (Å²) < 4.78 is 7.57. The van der Waals surface area contributed by atoms with Gasteiger partial charge in [-0.25, -0.2) is 0 Å². The van der Waals surface area contributed by atoms with Crippen molar-refractivity contribution in [2.24, 2.45) is 7.05 Å². The molecule has 0 aliphatic carbocycles. The Bertz CT molecular complexity index is 520. The number of nitrogens with zero attached hydrogens (tertiary/aromatic N) is 3. The zero-order valence-electron chi connectivity index (χ0n) is 8.97. The third kappa shape index (κ3) is 1.32. The minimum atomic E-state index is 0.682. The summed E-state index contributed by atoms with van der Waals surface area (Å²) in [5, 5.41) is 11.3. The molecule has 0 atom stereocenters. The Morgan fingerprint density at radius 3 is 3.19 bits per heavy atom. The van der Waals surface area contributed by atoms with E-state index in [0.717, 1.165) is 29.4 Å². The average molecular weight is 216 g/mol. The van der Waals surface area contributed by atoms with Crippen LogP contribution in [0.2, 0.25) is 0 Å². The fraction of sp³-hybridized carbons (Fsp3) is 0.273. The van der Waals surface area contributed by atoms with E-state index in [1.807, 2.05) is 29.8 Å². The van der Waals surface area contributed by atoms with Crippen molar-refractivity contribution in [1.82, 2.24) is 14.8 Å². The summed E-state index contributed by atoms with van der Waals surface area (Å²) in [5.41, 5.74) is 2.00. The molecule has 0 amide bonds. The highest BCUT2D eigenvalue weighted by molar-refractivity contribution is 5.75. The standard InChI is InChI=1S/C11H12N4O/c1-15-7-13-14-11(15)8-3-2-4-9-10(8)16-6-5-12-9/h2-4,7,12H,5-6H2,1H3. The monoisotopic (exact) mass is 216 g/mol. The van der Waals surface area contributed by atoms with E-state index < -0.39 is 0 Å². The van der Waals surface area contributed by atoms with Crippen LogP contribution < -0.4 is 10.1 Å². The normalized spacial score (nSPS) is 13.8. The van der Waals surface area contributed by atoms with Gasteiger partial charge in [0.05, 0.1) is 11.3 Å². The predicted molar refractivity (Wildman–Crippen MR) is 60.4 cm³/mol. The molecule has 0 saturated carbocycles. The minimum Gasteiger partial charge on any atom is -0.489 e. The Morgan fingerprint density at radius 2 is 2.38 bits per heavy atom. The van der Waals surface area contributed by atoms with E-state index in [4.69, 9.17) is 4.74 Å². The summed E-state index contributed by atoms with van der Waals surface area (Å²) in [5.74, 6) is 1.69. The minimum absolute atomic E-state index is 0.682. The Morgan fingerprint density at radius 1 is 1.44 bits per heavy atom. The molecular weight excluding hydrogens is 204 g/mol. The molecule has 5 heteroatoms. The highest BCUT2D eigenvalue weighted by Gasteiger charge is 2.17. The molecule has 0 fully saturated rings. The van der Waals surface area contributed by atoms with Crippen molar-refractivity contribution in [3.05, 3.63) is 24.5 Å². The van der Waals surface area contributed by atoms with Crippen molar-refractivity contribution in [2.45, 2.75) is 0 Å². The van der Waals surface area contributed by atoms with Crippen molar-refractivity contribution in [3.63, 3.8) is 0 Å². The van der Waals surface area contributed by atoms with Gasteiger partial charge >= 0.3 is 0 Å². The molecule has 2 heterocycles. The topological polar surface area (TPSA) is 52.0 Å². The summed E-state index contributed by atoms with van der Waals surface area (Å²) in [6.45, 7) is 1.52. The van der Waals surface area contributed by atoms with Gasteiger partial charge in [0.1, 0.15) is 12.9 Å². The first kappa shape index (κ1) is 9.21. The van der Waals surface area contributed by atoms with Crippen LogP contribution in [0.1, 0.15) is 0 Å². The number of hydrogen-bond donors (Lipinski definition) is 1. The second-order valence-electron chi connectivity index (χ2n) is 3.72. The first-order chi connectivity index (χ1) is 7.86. The SMILES string of the molecule is Cn1cnnc1-c1cccc2c1OCCN2. The molecule has 16 heavy (non-hydrogen) atoms. The molecule has 1 aliphatic rings. The molecule has 2 aromatic rings. The number of anilines is 1. The summed E-state index contributed by atoms with van der Waals surface area (Å²) in [4.78, 5) is 0. The third-order valence-electron chi connectivity index (χ3n) is 2.63. The van der Waals surface area contributed by atoms with Gasteiger partial charge in [-0.2, -0.15) is 0 Å². The van der Waals surface area contributed by atoms with E-state index in [-0.39, 0.29) is 0 Å². The lowest BCUT2D eigenvalue weighted by Crippen LogP contribution is -2.18. The summed E-state index contributed by atoms with van der Waals surface area (Å²) in [6, 6.07) is 5.99. The Labute approximate surface area is 93.1 Å². The van der Waals surface area contributed by atoms with Crippen molar-refractivity contribution in [2.75, 3.05) is 18.5 Å². The number of benzene rings is 1. The van der Waals surface area contributed by atoms with Crippen LogP contribution in [0, 0.1) is 0 Å². The van der Waals surface area contributed by atoms with Gasteiger partial charge < -0.3 is 14.6 Å². The smallest absolute Gasteiger partial charge is 0.167 e. The number of fused-ring (bicyclic) bond motifs is 1. The number of nitrogens with one attached hydrogen (secondary N) is 1. The van der Waals surface area contributed by atoms with Gasteiger partial charge in [-0.05, 0) is 12.1 Å². The van der Waals surface area contributed by atoms with E-state index >= 15 is 0 Å². The van der Waals surface area contributed by atoms with Gasteiger partial charge in [0.25, 0.3) is 0 Å². The molecule has 1 aliphatic heterocycles. The molecule has 1 aromatic carbocycles. The quantitative estimate of drug-likeness (QED) is 0.780. The van der Waals surface area contributed by atoms with Gasteiger partial charge in [-0.1, -0.05) is 6.07 Å². The van der Waals surface area contributed by atoms with Gasteiger partial charge in [0.15, 0.2) is 11.6 Å². The van der Waals surface area contributed by atoms with Crippen LogP contribution in [0.5, 0.6) is 5.75 Å². The maximum Gasteiger partial charge on any atom is 0.167 e. The molecule has 0 saturated heterocycles. The molecule has 3 rings (SSSR count). The molecule has 82 valence electrons. The van der Waals surface area contributed by atoms with E-state index in [1.165, 1.54) is 0 Å². The van der Waals surface area contributed by atoms with Crippen LogP contribution in [0.3, 0.4) is 0 Å². The number of rotatable bonds is 1. The molecule has 0 radical (unpaired) electrons. The molecule has 0 unspecified atom stereocenters. The van der Waals surface area contributed by atoms with Gasteiger partial charge in [0.2, 0.25) is 0 Å². The van der Waals surface area contributed by atoms with Gasteiger partial charge in [-0.15, -0.1) is 10.2 Å². The molecular formula is C11H12N4O. The summed E-state index contributed by atoms with van der Waals surface area (Å²) in [7, 11) is 1.92. The van der Waals surface area contributed by atoms with E-state index in [9.17, 15) is 0 Å². The lowest BCUT2D eigenvalue weighted by Gasteiger charge is -2.21. The maximum absolute atomic E-state index is 5.69. The van der Waals surface area contributed by atoms with Crippen LogP contribution in [0.15, 0.2) is 24.5 Å². The van der Waals surface area contributed by atoms with Gasteiger partial charge in [-0.3, -0.25) is 0 Å². The Hall–Kier alpha value is -2.04. The molecule has 0 spiro atoms. The van der Waals surface area contributed by atoms with Crippen LogP contribution in [0.4, 0.5) is 5.69 Å².